The summed E-state index contributed by atoms with van der Waals surface area (Å²) in [6.45, 7) is 3.11. The van der Waals surface area contributed by atoms with Crippen LogP contribution in [0, 0.1) is 5.82 Å². The highest BCUT2D eigenvalue weighted by molar-refractivity contribution is 9.10. The van der Waals surface area contributed by atoms with Crippen molar-refractivity contribution in [2.45, 2.75) is 18.9 Å². The second kappa shape index (κ2) is 8.07. The van der Waals surface area contributed by atoms with Crippen LogP contribution in [-0.4, -0.2) is 42.8 Å². The van der Waals surface area contributed by atoms with E-state index in [2.05, 4.69) is 47.0 Å². The first kappa shape index (κ1) is 20.7. The van der Waals surface area contributed by atoms with E-state index < -0.39 is 5.60 Å². The van der Waals surface area contributed by atoms with Crippen LogP contribution in [0.15, 0.2) is 65.8 Å². The Morgan fingerprint density at radius 1 is 1.09 bits per heavy atom. The highest BCUT2D eigenvalue weighted by atomic mass is 79.9. The van der Waals surface area contributed by atoms with Gasteiger partial charge in [-0.05, 0) is 58.6 Å². The molecule has 0 radical (unpaired) electrons. The molecule has 0 saturated heterocycles. The Labute approximate surface area is 192 Å². The van der Waals surface area contributed by atoms with Gasteiger partial charge in [0, 0.05) is 41.7 Å². The van der Waals surface area contributed by atoms with Gasteiger partial charge in [0.05, 0.1) is 0 Å². The highest BCUT2D eigenvalue weighted by Crippen LogP contribution is 2.30. The topological polar surface area (TPSA) is 79.4 Å². The van der Waals surface area contributed by atoms with Crippen LogP contribution in [0.1, 0.15) is 30.3 Å². The molecule has 0 aliphatic carbocycles. The van der Waals surface area contributed by atoms with E-state index >= 15 is 0 Å². The van der Waals surface area contributed by atoms with Crippen LogP contribution in [0.4, 0.5) is 10.2 Å². The van der Waals surface area contributed by atoms with Crippen LogP contribution in [0.5, 0.6) is 0 Å². The molecule has 1 aliphatic rings. The summed E-state index contributed by atoms with van der Waals surface area (Å²) in [6.07, 6.45) is 9.60. The maximum atomic E-state index is 13.2. The summed E-state index contributed by atoms with van der Waals surface area (Å²) in [5, 5.41) is 15.2. The van der Waals surface area contributed by atoms with E-state index in [1.807, 2.05) is 12.3 Å². The molecular weight excluding hydrogens is 475 g/mol. The first-order valence-corrected chi connectivity index (χ1v) is 11.0. The van der Waals surface area contributed by atoms with Gasteiger partial charge in [0.2, 0.25) is 0 Å². The van der Waals surface area contributed by atoms with Crippen LogP contribution >= 0.6 is 15.9 Å². The van der Waals surface area contributed by atoms with Gasteiger partial charge in [-0.2, -0.15) is 5.10 Å². The number of nitrogens with zero attached hydrogens (tertiary/aromatic N) is 6. The van der Waals surface area contributed by atoms with Gasteiger partial charge in [-0.1, -0.05) is 18.2 Å². The van der Waals surface area contributed by atoms with Crippen molar-refractivity contribution in [2.24, 2.45) is 0 Å². The van der Waals surface area contributed by atoms with Crippen LogP contribution in [0.25, 0.3) is 11.1 Å². The zero-order chi connectivity index (χ0) is 22.3. The first-order valence-electron chi connectivity index (χ1n) is 10.2. The molecule has 5 rings (SSSR count). The van der Waals surface area contributed by atoms with Gasteiger partial charge < -0.3 is 10.0 Å². The van der Waals surface area contributed by atoms with Gasteiger partial charge >= 0.3 is 0 Å². The summed E-state index contributed by atoms with van der Waals surface area (Å²) in [7, 11) is 0. The fourth-order valence-corrected chi connectivity index (χ4v) is 4.29. The van der Waals surface area contributed by atoms with E-state index in [4.69, 9.17) is 0 Å². The summed E-state index contributed by atoms with van der Waals surface area (Å²) in [4.78, 5) is 15.7. The van der Waals surface area contributed by atoms with Crippen LogP contribution in [-0.2, 0) is 5.60 Å². The molecule has 4 aromatic rings. The van der Waals surface area contributed by atoms with Gasteiger partial charge in [-0.3, -0.25) is 0 Å². The molecule has 4 heterocycles. The number of halogens is 2. The monoisotopic (exact) mass is 494 g/mol. The quantitative estimate of drug-likeness (QED) is 0.462. The predicted molar refractivity (Wildman–Crippen MR) is 123 cm³/mol. The van der Waals surface area contributed by atoms with E-state index in [1.54, 1.807) is 42.3 Å². The van der Waals surface area contributed by atoms with E-state index in [1.165, 1.54) is 12.1 Å². The smallest absolute Gasteiger partial charge is 0.156 e. The predicted octanol–water partition coefficient (Wildman–Crippen LogP) is 3.97. The number of hydrogen-bond acceptors (Lipinski definition) is 6. The minimum atomic E-state index is -1.31. The third-order valence-corrected chi connectivity index (χ3v) is 6.20. The second-order valence-corrected chi connectivity index (χ2v) is 8.79. The molecular formula is C23H20BrFN6O. The number of aromatic nitrogens is 5. The lowest BCUT2D eigenvalue weighted by atomic mass is 9.90. The van der Waals surface area contributed by atoms with Gasteiger partial charge in [0.15, 0.2) is 11.6 Å². The Hall–Kier alpha value is -3.17. The molecule has 1 N–H and O–H groups in total. The van der Waals surface area contributed by atoms with Crippen molar-refractivity contribution in [3.63, 3.8) is 0 Å². The van der Waals surface area contributed by atoms with Crippen molar-refractivity contribution in [1.82, 2.24) is 24.6 Å². The zero-order valence-electron chi connectivity index (χ0n) is 17.3. The van der Waals surface area contributed by atoms with E-state index in [-0.39, 0.29) is 5.82 Å². The average Bonchev–Trinajstić information content (AvgIpc) is 3.20. The standard InChI is InChI=1S/C23H20BrFN6O/c1-23(32,16-2-4-19(25)5-3-16)17-11-26-21(27-12-17)15-6-8-30(9-7-15)22-20-10-18(24)13-31(20)29-14-28-22/h2-6,10-14,32H,7-9H2,1H3. The zero-order valence-corrected chi connectivity index (χ0v) is 18.9. The Morgan fingerprint density at radius 2 is 1.84 bits per heavy atom. The SMILES string of the molecule is CC(O)(c1ccc(F)cc1)c1cnc(C2=CCN(c3ncnn4cc(Br)cc34)CC2)nc1. The third kappa shape index (κ3) is 3.78. The van der Waals surface area contributed by atoms with Crippen LogP contribution in [0.2, 0.25) is 0 Å². The highest BCUT2D eigenvalue weighted by Gasteiger charge is 2.27. The first-order chi connectivity index (χ1) is 15.4. The average molecular weight is 495 g/mol. The number of aliphatic hydroxyl groups is 1. The Morgan fingerprint density at radius 3 is 2.53 bits per heavy atom. The van der Waals surface area contributed by atoms with Crippen LogP contribution < -0.4 is 4.90 Å². The lowest BCUT2D eigenvalue weighted by molar-refractivity contribution is 0.101. The molecule has 0 amide bonds. The largest absolute Gasteiger partial charge is 0.381 e. The number of anilines is 1. The van der Waals surface area contributed by atoms with E-state index in [9.17, 15) is 9.50 Å². The van der Waals surface area contributed by atoms with Gasteiger partial charge in [0.25, 0.3) is 0 Å². The van der Waals surface area contributed by atoms with Crippen molar-refractivity contribution in [3.8, 4) is 0 Å². The molecule has 0 spiro atoms. The van der Waals surface area contributed by atoms with Gasteiger partial charge in [-0.15, -0.1) is 0 Å². The van der Waals surface area contributed by atoms with Gasteiger partial charge in [0.1, 0.15) is 23.3 Å². The minimum absolute atomic E-state index is 0.346. The van der Waals surface area contributed by atoms with Crippen molar-refractivity contribution in [2.75, 3.05) is 18.0 Å². The van der Waals surface area contributed by atoms with Gasteiger partial charge in [-0.25, -0.2) is 23.9 Å². The molecule has 162 valence electrons. The number of rotatable bonds is 4. The van der Waals surface area contributed by atoms with E-state index in [0.29, 0.717) is 23.5 Å². The van der Waals surface area contributed by atoms with Crippen molar-refractivity contribution in [3.05, 3.63) is 88.6 Å². The second-order valence-electron chi connectivity index (χ2n) is 7.87. The molecule has 1 aromatic carbocycles. The molecule has 0 bridgehead atoms. The Bertz CT molecular complexity index is 1300. The Kier molecular flexibility index (Phi) is 5.22. The molecule has 3 aromatic heterocycles. The molecule has 1 atom stereocenters. The molecule has 1 aliphatic heterocycles. The summed E-state index contributed by atoms with van der Waals surface area (Å²) in [6, 6.07) is 7.79. The maximum absolute atomic E-state index is 13.2. The minimum Gasteiger partial charge on any atom is -0.381 e. The van der Waals surface area contributed by atoms with Crippen molar-refractivity contribution in [1.29, 1.82) is 0 Å². The van der Waals surface area contributed by atoms with Crippen molar-refractivity contribution >= 4 is 32.8 Å². The maximum Gasteiger partial charge on any atom is 0.156 e. The summed E-state index contributed by atoms with van der Waals surface area (Å²) in [5.41, 5.74) is 1.81. The fourth-order valence-electron chi connectivity index (χ4n) is 3.88. The Balaban J connectivity index is 1.35. The number of fused-ring (bicyclic) bond motifs is 1. The normalized spacial score (nSPS) is 16.1. The molecule has 9 heteroatoms. The summed E-state index contributed by atoms with van der Waals surface area (Å²) >= 11 is 3.49. The summed E-state index contributed by atoms with van der Waals surface area (Å²) in [5.74, 6) is 1.18. The third-order valence-electron chi connectivity index (χ3n) is 5.77. The molecule has 1 unspecified atom stereocenters. The van der Waals surface area contributed by atoms with E-state index in [0.717, 1.165) is 34.3 Å². The van der Waals surface area contributed by atoms with Crippen LogP contribution in [0.3, 0.4) is 0 Å². The molecule has 32 heavy (non-hydrogen) atoms. The lowest BCUT2D eigenvalue weighted by Gasteiger charge is -2.27. The van der Waals surface area contributed by atoms with Crippen molar-refractivity contribution < 1.29 is 9.50 Å². The lowest BCUT2D eigenvalue weighted by Crippen LogP contribution is -2.30. The number of benzene rings is 1. The molecule has 0 saturated carbocycles. The molecule has 0 fully saturated rings. The number of hydrogen-bond donors (Lipinski definition) is 1. The fraction of sp³-hybridized carbons (Fsp3) is 0.217. The molecule has 7 nitrogen and oxygen atoms in total. The summed E-state index contributed by atoms with van der Waals surface area (Å²) < 4.78 is 16.0.